The SMILES string of the molecule is CCOC(=O)C1CCN(Cc2ccc3c(c2)CCC3)CC1. The number of fused-ring (bicyclic) bond motifs is 1. The number of nitrogens with zero attached hydrogens (tertiary/aromatic N) is 1. The molecule has 1 aliphatic carbocycles. The first kappa shape index (κ1) is 14.6. The summed E-state index contributed by atoms with van der Waals surface area (Å²) in [7, 11) is 0. The van der Waals surface area contributed by atoms with Crippen molar-refractivity contribution in [3.8, 4) is 0 Å². The van der Waals surface area contributed by atoms with Gasteiger partial charge in [-0.15, -0.1) is 0 Å². The van der Waals surface area contributed by atoms with E-state index in [1.165, 1.54) is 24.8 Å². The van der Waals surface area contributed by atoms with Crippen LogP contribution in [0.25, 0.3) is 0 Å². The van der Waals surface area contributed by atoms with Crippen LogP contribution >= 0.6 is 0 Å². The van der Waals surface area contributed by atoms with E-state index in [1.807, 2.05) is 6.92 Å². The molecule has 0 saturated carbocycles. The number of aryl methyl sites for hydroxylation is 2. The second-order valence-electron chi connectivity index (χ2n) is 6.26. The van der Waals surface area contributed by atoms with Crippen molar-refractivity contribution in [1.82, 2.24) is 4.90 Å². The molecule has 3 nitrogen and oxygen atoms in total. The predicted octanol–water partition coefficient (Wildman–Crippen LogP) is 2.95. The number of carbonyl (C=O) groups is 1. The number of likely N-dealkylation sites (tertiary alicyclic amines) is 1. The van der Waals surface area contributed by atoms with Crippen LogP contribution in [0.15, 0.2) is 18.2 Å². The average Bonchev–Trinajstić information content (AvgIpc) is 2.96. The van der Waals surface area contributed by atoms with Gasteiger partial charge in [-0.05, 0) is 68.8 Å². The Morgan fingerprint density at radius 3 is 2.76 bits per heavy atom. The maximum absolute atomic E-state index is 11.8. The standard InChI is InChI=1S/C18H25NO2/c1-2-21-18(20)16-8-10-19(11-9-16)13-14-6-7-15-4-3-5-17(15)12-14/h6-7,12,16H,2-5,8-11,13H2,1H3. The van der Waals surface area contributed by atoms with Crippen LogP contribution in [0.1, 0.15) is 42.9 Å². The van der Waals surface area contributed by atoms with Gasteiger partial charge in [0.15, 0.2) is 0 Å². The smallest absolute Gasteiger partial charge is 0.309 e. The van der Waals surface area contributed by atoms with Crippen LogP contribution in [-0.2, 0) is 28.9 Å². The van der Waals surface area contributed by atoms with E-state index in [4.69, 9.17) is 4.74 Å². The highest BCUT2D eigenvalue weighted by molar-refractivity contribution is 5.72. The molecule has 1 heterocycles. The third kappa shape index (κ3) is 3.46. The molecule has 0 amide bonds. The summed E-state index contributed by atoms with van der Waals surface area (Å²) in [5.74, 6) is 0.107. The van der Waals surface area contributed by atoms with Crippen molar-refractivity contribution < 1.29 is 9.53 Å². The van der Waals surface area contributed by atoms with Gasteiger partial charge in [-0.1, -0.05) is 18.2 Å². The molecular formula is C18H25NO2. The lowest BCUT2D eigenvalue weighted by Crippen LogP contribution is -2.36. The summed E-state index contributed by atoms with van der Waals surface area (Å²) in [4.78, 5) is 14.2. The first-order valence-electron chi connectivity index (χ1n) is 8.26. The zero-order chi connectivity index (χ0) is 14.7. The maximum atomic E-state index is 11.8. The van der Waals surface area contributed by atoms with Crippen molar-refractivity contribution in [2.24, 2.45) is 5.92 Å². The molecule has 114 valence electrons. The number of piperidine rings is 1. The topological polar surface area (TPSA) is 29.5 Å². The Kier molecular flexibility index (Phi) is 4.59. The number of hydrogen-bond donors (Lipinski definition) is 0. The molecule has 0 radical (unpaired) electrons. The minimum atomic E-state index is -0.00493. The van der Waals surface area contributed by atoms with Gasteiger partial charge >= 0.3 is 5.97 Å². The fourth-order valence-corrected chi connectivity index (χ4v) is 3.57. The van der Waals surface area contributed by atoms with E-state index in [9.17, 15) is 4.79 Å². The molecule has 21 heavy (non-hydrogen) atoms. The molecular weight excluding hydrogens is 262 g/mol. The van der Waals surface area contributed by atoms with Gasteiger partial charge in [-0.3, -0.25) is 9.69 Å². The summed E-state index contributed by atoms with van der Waals surface area (Å²) in [6, 6.07) is 6.98. The Labute approximate surface area is 127 Å². The van der Waals surface area contributed by atoms with Crippen LogP contribution < -0.4 is 0 Å². The molecule has 1 saturated heterocycles. The molecule has 0 aromatic heterocycles. The highest BCUT2D eigenvalue weighted by Crippen LogP contribution is 2.25. The number of rotatable bonds is 4. The van der Waals surface area contributed by atoms with E-state index in [0.717, 1.165) is 32.5 Å². The molecule has 0 bridgehead atoms. The Bertz CT molecular complexity index is 504. The van der Waals surface area contributed by atoms with E-state index < -0.39 is 0 Å². The number of hydrogen-bond acceptors (Lipinski definition) is 3. The lowest BCUT2D eigenvalue weighted by Gasteiger charge is -2.30. The highest BCUT2D eigenvalue weighted by Gasteiger charge is 2.26. The van der Waals surface area contributed by atoms with Crippen molar-refractivity contribution in [2.45, 2.75) is 45.6 Å². The largest absolute Gasteiger partial charge is 0.466 e. The second-order valence-corrected chi connectivity index (χ2v) is 6.26. The second kappa shape index (κ2) is 6.61. The molecule has 0 spiro atoms. The number of esters is 1. The summed E-state index contributed by atoms with van der Waals surface area (Å²) in [5, 5.41) is 0. The lowest BCUT2D eigenvalue weighted by molar-refractivity contribution is -0.149. The van der Waals surface area contributed by atoms with Gasteiger partial charge in [0.05, 0.1) is 12.5 Å². The van der Waals surface area contributed by atoms with Crippen molar-refractivity contribution in [1.29, 1.82) is 0 Å². The van der Waals surface area contributed by atoms with Gasteiger partial charge in [0.1, 0.15) is 0 Å². The average molecular weight is 287 g/mol. The summed E-state index contributed by atoms with van der Waals surface area (Å²) < 4.78 is 5.13. The van der Waals surface area contributed by atoms with E-state index in [2.05, 4.69) is 23.1 Å². The number of ether oxygens (including phenoxy) is 1. The van der Waals surface area contributed by atoms with Gasteiger partial charge in [-0.25, -0.2) is 0 Å². The summed E-state index contributed by atoms with van der Waals surface area (Å²) in [6.07, 6.45) is 5.67. The third-order valence-corrected chi connectivity index (χ3v) is 4.78. The van der Waals surface area contributed by atoms with Crippen LogP contribution in [0.4, 0.5) is 0 Å². The first-order valence-corrected chi connectivity index (χ1v) is 8.26. The molecule has 1 aliphatic heterocycles. The van der Waals surface area contributed by atoms with Gasteiger partial charge in [0.2, 0.25) is 0 Å². The number of benzene rings is 1. The van der Waals surface area contributed by atoms with Gasteiger partial charge < -0.3 is 4.74 Å². The maximum Gasteiger partial charge on any atom is 0.309 e. The Morgan fingerprint density at radius 2 is 2.00 bits per heavy atom. The quantitative estimate of drug-likeness (QED) is 0.797. The van der Waals surface area contributed by atoms with Gasteiger partial charge in [0, 0.05) is 6.54 Å². The fraction of sp³-hybridized carbons (Fsp3) is 0.611. The Balaban J connectivity index is 1.52. The molecule has 2 aliphatic rings. The highest BCUT2D eigenvalue weighted by atomic mass is 16.5. The lowest BCUT2D eigenvalue weighted by atomic mass is 9.96. The van der Waals surface area contributed by atoms with Gasteiger partial charge in [0.25, 0.3) is 0 Å². The van der Waals surface area contributed by atoms with Crippen LogP contribution in [0.5, 0.6) is 0 Å². The Hall–Kier alpha value is -1.35. The summed E-state index contributed by atoms with van der Waals surface area (Å²) >= 11 is 0. The molecule has 1 aromatic carbocycles. The first-order chi connectivity index (χ1) is 10.3. The molecule has 1 fully saturated rings. The van der Waals surface area contributed by atoms with Crippen LogP contribution in [0.3, 0.4) is 0 Å². The number of carbonyl (C=O) groups excluding carboxylic acids is 1. The molecule has 3 rings (SSSR count). The van der Waals surface area contributed by atoms with Crippen molar-refractivity contribution in [3.63, 3.8) is 0 Å². The predicted molar refractivity (Wildman–Crippen MR) is 83.1 cm³/mol. The van der Waals surface area contributed by atoms with Crippen LogP contribution in [0, 0.1) is 5.92 Å². The zero-order valence-electron chi connectivity index (χ0n) is 12.9. The van der Waals surface area contributed by atoms with E-state index in [0.29, 0.717) is 6.61 Å². The summed E-state index contributed by atoms with van der Waals surface area (Å²) in [6.45, 7) is 5.39. The van der Waals surface area contributed by atoms with E-state index >= 15 is 0 Å². The Morgan fingerprint density at radius 1 is 1.24 bits per heavy atom. The van der Waals surface area contributed by atoms with Crippen molar-refractivity contribution in [3.05, 3.63) is 34.9 Å². The van der Waals surface area contributed by atoms with Crippen molar-refractivity contribution in [2.75, 3.05) is 19.7 Å². The normalized spacial score (nSPS) is 19.5. The molecule has 0 unspecified atom stereocenters. The molecule has 3 heteroatoms. The van der Waals surface area contributed by atoms with Crippen LogP contribution in [-0.4, -0.2) is 30.6 Å². The minimum absolute atomic E-state index is 0.00493. The molecule has 1 aromatic rings. The van der Waals surface area contributed by atoms with E-state index in [1.54, 1.807) is 11.1 Å². The van der Waals surface area contributed by atoms with Crippen molar-refractivity contribution >= 4 is 5.97 Å². The van der Waals surface area contributed by atoms with Crippen LogP contribution in [0.2, 0.25) is 0 Å². The minimum Gasteiger partial charge on any atom is -0.466 e. The van der Waals surface area contributed by atoms with E-state index in [-0.39, 0.29) is 11.9 Å². The zero-order valence-corrected chi connectivity index (χ0v) is 12.9. The summed E-state index contributed by atoms with van der Waals surface area (Å²) in [5.41, 5.74) is 4.51. The fourth-order valence-electron chi connectivity index (χ4n) is 3.57. The molecule has 0 N–H and O–H groups in total. The van der Waals surface area contributed by atoms with Gasteiger partial charge in [-0.2, -0.15) is 0 Å². The molecule has 0 atom stereocenters. The monoisotopic (exact) mass is 287 g/mol. The third-order valence-electron chi connectivity index (χ3n) is 4.78.